The third kappa shape index (κ3) is 2.79. The monoisotopic (exact) mass is 306 g/mol. The number of aliphatic hydroxyl groups is 1. The van der Waals surface area contributed by atoms with Crippen LogP contribution < -0.4 is 4.72 Å². The molecule has 0 saturated heterocycles. The molecule has 0 atom stereocenters. The topological polar surface area (TPSA) is 79.3 Å². The van der Waals surface area contributed by atoms with Crippen molar-refractivity contribution in [1.29, 1.82) is 0 Å². The summed E-state index contributed by atoms with van der Waals surface area (Å²) in [5, 5.41) is 10.5. The number of para-hydroxylation sites is 1. The molecular weight excluding hydrogens is 288 g/mol. The van der Waals surface area contributed by atoms with Gasteiger partial charge in [0.2, 0.25) is 10.0 Å². The van der Waals surface area contributed by atoms with Crippen molar-refractivity contribution < 1.29 is 13.5 Å². The number of rotatable bonds is 3. The average Bonchev–Trinajstić information content (AvgIpc) is 2.35. The highest BCUT2D eigenvalue weighted by atomic mass is 32.2. The molecule has 1 saturated carbocycles. The molecule has 3 rings (SSSR count). The van der Waals surface area contributed by atoms with Gasteiger partial charge in [0.25, 0.3) is 0 Å². The van der Waals surface area contributed by atoms with Gasteiger partial charge >= 0.3 is 0 Å². The SMILES string of the molecule is Cc1cnc2c(S(=O)(=O)NC3CC(C)(O)C3)cccc2c1. The maximum Gasteiger partial charge on any atom is 0.242 e. The molecule has 1 aliphatic carbocycles. The van der Waals surface area contributed by atoms with Crippen molar-refractivity contribution in [2.24, 2.45) is 0 Å². The molecule has 0 bridgehead atoms. The lowest BCUT2D eigenvalue weighted by Crippen LogP contribution is -2.53. The van der Waals surface area contributed by atoms with Crippen LogP contribution in [0.1, 0.15) is 25.3 Å². The molecule has 0 amide bonds. The molecular formula is C15H18N2O3S. The second-order valence-electron chi connectivity index (χ2n) is 6.06. The Bertz CT molecular complexity index is 792. The number of hydrogen-bond acceptors (Lipinski definition) is 4. The molecule has 1 aliphatic rings. The van der Waals surface area contributed by atoms with E-state index < -0.39 is 15.6 Å². The Morgan fingerprint density at radius 1 is 1.38 bits per heavy atom. The first-order valence-electron chi connectivity index (χ1n) is 6.87. The highest BCUT2D eigenvalue weighted by molar-refractivity contribution is 7.89. The minimum absolute atomic E-state index is 0.187. The summed E-state index contributed by atoms with van der Waals surface area (Å²) in [6.07, 6.45) is 2.53. The van der Waals surface area contributed by atoms with E-state index in [-0.39, 0.29) is 10.9 Å². The summed E-state index contributed by atoms with van der Waals surface area (Å²) in [6.45, 7) is 3.63. The molecule has 0 unspecified atom stereocenters. The van der Waals surface area contributed by atoms with Crippen LogP contribution in [0.3, 0.4) is 0 Å². The van der Waals surface area contributed by atoms with Crippen LogP contribution in [0.5, 0.6) is 0 Å². The average molecular weight is 306 g/mol. The van der Waals surface area contributed by atoms with E-state index in [1.54, 1.807) is 25.3 Å². The molecule has 1 aromatic heterocycles. The molecule has 1 fully saturated rings. The van der Waals surface area contributed by atoms with E-state index in [4.69, 9.17) is 0 Å². The number of fused-ring (bicyclic) bond motifs is 1. The molecule has 1 aromatic carbocycles. The normalized spacial score (nSPS) is 25.8. The Morgan fingerprint density at radius 3 is 2.76 bits per heavy atom. The van der Waals surface area contributed by atoms with Crippen LogP contribution in [0.4, 0.5) is 0 Å². The lowest BCUT2D eigenvalue weighted by atomic mass is 9.78. The van der Waals surface area contributed by atoms with Gasteiger partial charge in [0.05, 0.1) is 11.1 Å². The third-order valence-corrected chi connectivity index (χ3v) is 5.35. The summed E-state index contributed by atoms with van der Waals surface area (Å²) in [4.78, 5) is 4.44. The first-order chi connectivity index (χ1) is 9.77. The zero-order valence-corrected chi connectivity index (χ0v) is 12.8. The van der Waals surface area contributed by atoms with Crippen molar-refractivity contribution in [2.75, 3.05) is 0 Å². The highest BCUT2D eigenvalue weighted by Gasteiger charge is 2.40. The second kappa shape index (κ2) is 4.76. The van der Waals surface area contributed by atoms with E-state index in [0.29, 0.717) is 18.4 Å². The summed E-state index contributed by atoms with van der Waals surface area (Å²) in [5.41, 5.74) is 0.697. The van der Waals surface area contributed by atoms with Crippen LogP contribution >= 0.6 is 0 Å². The predicted octanol–water partition coefficient (Wildman–Crippen LogP) is 1.73. The Morgan fingerprint density at radius 2 is 2.10 bits per heavy atom. The lowest BCUT2D eigenvalue weighted by molar-refractivity contribution is -0.0329. The van der Waals surface area contributed by atoms with Crippen LogP contribution in [0.25, 0.3) is 10.9 Å². The van der Waals surface area contributed by atoms with Gasteiger partial charge in [0.1, 0.15) is 4.90 Å². The van der Waals surface area contributed by atoms with Crippen molar-refractivity contribution >= 4 is 20.9 Å². The minimum Gasteiger partial charge on any atom is -0.390 e. The Balaban J connectivity index is 1.96. The molecule has 0 spiro atoms. The van der Waals surface area contributed by atoms with Crippen molar-refractivity contribution in [1.82, 2.24) is 9.71 Å². The van der Waals surface area contributed by atoms with Crippen LogP contribution in [-0.4, -0.2) is 30.2 Å². The van der Waals surface area contributed by atoms with Gasteiger partial charge in [-0.15, -0.1) is 0 Å². The van der Waals surface area contributed by atoms with Gasteiger partial charge in [0.15, 0.2) is 0 Å². The lowest BCUT2D eigenvalue weighted by Gasteiger charge is -2.40. The number of nitrogens with zero attached hydrogens (tertiary/aromatic N) is 1. The molecule has 112 valence electrons. The summed E-state index contributed by atoms with van der Waals surface area (Å²) >= 11 is 0. The molecule has 0 radical (unpaired) electrons. The van der Waals surface area contributed by atoms with Crippen LogP contribution in [0, 0.1) is 6.92 Å². The number of sulfonamides is 1. The van der Waals surface area contributed by atoms with Crippen LogP contribution in [0.2, 0.25) is 0 Å². The fourth-order valence-corrected chi connectivity index (χ4v) is 4.24. The van der Waals surface area contributed by atoms with E-state index in [9.17, 15) is 13.5 Å². The molecule has 2 N–H and O–H groups in total. The van der Waals surface area contributed by atoms with Gasteiger partial charge in [-0.05, 0) is 44.4 Å². The van der Waals surface area contributed by atoms with Gasteiger partial charge in [-0.1, -0.05) is 12.1 Å². The largest absolute Gasteiger partial charge is 0.390 e. The Hall–Kier alpha value is -1.50. The zero-order chi connectivity index (χ0) is 15.3. The molecule has 1 heterocycles. The predicted molar refractivity (Wildman–Crippen MR) is 80.4 cm³/mol. The fraction of sp³-hybridized carbons (Fsp3) is 0.400. The van der Waals surface area contributed by atoms with Crippen LogP contribution in [-0.2, 0) is 10.0 Å². The van der Waals surface area contributed by atoms with Crippen molar-refractivity contribution in [3.8, 4) is 0 Å². The first-order valence-corrected chi connectivity index (χ1v) is 8.35. The van der Waals surface area contributed by atoms with Gasteiger partial charge < -0.3 is 5.11 Å². The maximum absolute atomic E-state index is 12.5. The standard InChI is InChI=1S/C15H18N2O3S/c1-10-6-11-4-3-5-13(14(11)16-9-10)21(19,20)17-12-7-15(2,18)8-12/h3-6,9,12,17-18H,7-8H2,1-2H3. The number of aryl methyl sites for hydroxylation is 1. The number of aromatic nitrogens is 1. The zero-order valence-electron chi connectivity index (χ0n) is 12.0. The fourth-order valence-electron chi connectivity index (χ4n) is 2.83. The van der Waals surface area contributed by atoms with E-state index in [2.05, 4.69) is 9.71 Å². The maximum atomic E-state index is 12.5. The molecule has 2 aromatic rings. The summed E-state index contributed by atoms with van der Waals surface area (Å²) in [5.74, 6) is 0. The third-order valence-electron chi connectivity index (χ3n) is 3.79. The van der Waals surface area contributed by atoms with Gasteiger partial charge in [0, 0.05) is 17.6 Å². The number of nitrogens with one attached hydrogen (secondary N) is 1. The summed E-state index contributed by atoms with van der Waals surface area (Å²) < 4.78 is 27.7. The van der Waals surface area contributed by atoms with Crippen LogP contribution in [0.15, 0.2) is 35.4 Å². The number of benzene rings is 1. The van der Waals surface area contributed by atoms with Crippen molar-refractivity contribution in [2.45, 2.75) is 43.2 Å². The van der Waals surface area contributed by atoms with Crippen molar-refractivity contribution in [3.63, 3.8) is 0 Å². The van der Waals surface area contributed by atoms with Gasteiger partial charge in [-0.25, -0.2) is 13.1 Å². The first kappa shape index (κ1) is 14.4. The van der Waals surface area contributed by atoms with Gasteiger partial charge in [-0.2, -0.15) is 0 Å². The minimum atomic E-state index is -3.63. The smallest absolute Gasteiger partial charge is 0.242 e. The second-order valence-corrected chi connectivity index (χ2v) is 7.75. The molecule has 0 aliphatic heterocycles. The van der Waals surface area contributed by atoms with E-state index in [0.717, 1.165) is 10.9 Å². The molecule has 5 nitrogen and oxygen atoms in total. The molecule has 21 heavy (non-hydrogen) atoms. The van der Waals surface area contributed by atoms with Gasteiger partial charge in [-0.3, -0.25) is 4.98 Å². The Kier molecular flexibility index (Phi) is 3.27. The quantitative estimate of drug-likeness (QED) is 0.905. The molecule has 6 heteroatoms. The summed E-state index contributed by atoms with van der Waals surface area (Å²) in [6, 6.07) is 6.82. The Labute approximate surface area is 124 Å². The van der Waals surface area contributed by atoms with E-state index in [1.807, 2.05) is 19.1 Å². The van der Waals surface area contributed by atoms with E-state index >= 15 is 0 Å². The summed E-state index contributed by atoms with van der Waals surface area (Å²) in [7, 11) is -3.63. The van der Waals surface area contributed by atoms with Crippen molar-refractivity contribution in [3.05, 3.63) is 36.0 Å². The number of hydrogen-bond donors (Lipinski definition) is 2. The number of pyridine rings is 1. The highest BCUT2D eigenvalue weighted by Crippen LogP contribution is 2.33. The van der Waals surface area contributed by atoms with E-state index in [1.165, 1.54) is 0 Å².